The van der Waals surface area contributed by atoms with Crippen LogP contribution in [0.3, 0.4) is 0 Å². The summed E-state index contributed by atoms with van der Waals surface area (Å²) in [4.78, 5) is 0.288. The molecule has 1 fully saturated rings. The topological polar surface area (TPSA) is 67.4 Å². The van der Waals surface area contributed by atoms with Crippen molar-refractivity contribution in [1.82, 2.24) is 4.72 Å². The second-order valence-corrected chi connectivity index (χ2v) is 7.52. The van der Waals surface area contributed by atoms with Gasteiger partial charge in [0.25, 0.3) is 0 Å². The lowest BCUT2D eigenvalue weighted by Crippen LogP contribution is -2.37. The van der Waals surface area contributed by atoms with Crippen LogP contribution in [0.15, 0.2) is 29.2 Å². The van der Waals surface area contributed by atoms with Crippen molar-refractivity contribution in [2.75, 3.05) is 19.0 Å². The fraction of sp³-hybridized carbons (Fsp3) is 0.571. The summed E-state index contributed by atoms with van der Waals surface area (Å²) in [7, 11) is -1.84. The van der Waals surface area contributed by atoms with E-state index in [1.807, 2.05) is 19.9 Å². The molecule has 1 aromatic rings. The van der Waals surface area contributed by atoms with Crippen LogP contribution in [0.4, 0.5) is 5.69 Å². The summed E-state index contributed by atoms with van der Waals surface area (Å²) >= 11 is 0. The van der Waals surface area contributed by atoms with Gasteiger partial charge in [0.2, 0.25) is 10.0 Å². The summed E-state index contributed by atoms with van der Waals surface area (Å²) in [5.41, 5.74) is 0.252. The number of sulfonamides is 1. The summed E-state index contributed by atoms with van der Waals surface area (Å²) in [5.74, 6) is 0. The number of anilines is 1. The maximum Gasteiger partial charge on any atom is 0.242 e. The first kappa shape index (κ1) is 15.3. The van der Waals surface area contributed by atoms with Crippen LogP contribution in [0.1, 0.15) is 26.7 Å². The largest absolute Gasteiger partial charge is 0.382 e. The van der Waals surface area contributed by atoms with Gasteiger partial charge in [-0.1, -0.05) is 12.1 Å². The second kappa shape index (κ2) is 5.71. The van der Waals surface area contributed by atoms with Gasteiger partial charge in [-0.3, -0.25) is 0 Å². The molecule has 0 bridgehead atoms. The summed E-state index contributed by atoms with van der Waals surface area (Å²) in [6, 6.07) is 7.05. The zero-order valence-electron chi connectivity index (χ0n) is 12.1. The number of nitrogens with one attached hydrogen (secondary N) is 2. The number of hydrogen-bond donors (Lipinski definition) is 2. The molecule has 0 radical (unpaired) electrons. The van der Waals surface area contributed by atoms with Crippen LogP contribution in [0.25, 0.3) is 0 Å². The third kappa shape index (κ3) is 3.94. The third-order valence-corrected chi connectivity index (χ3v) is 4.63. The van der Waals surface area contributed by atoms with E-state index in [0.717, 1.165) is 12.8 Å². The monoisotopic (exact) mass is 298 g/mol. The number of ether oxygens (including phenoxy) is 1. The fourth-order valence-electron chi connectivity index (χ4n) is 2.05. The molecule has 20 heavy (non-hydrogen) atoms. The Morgan fingerprint density at radius 1 is 1.30 bits per heavy atom. The van der Waals surface area contributed by atoms with E-state index < -0.39 is 10.0 Å². The van der Waals surface area contributed by atoms with Gasteiger partial charge >= 0.3 is 0 Å². The molecule has 1 saturated carbocycles. The zero-order chi connectivity index (χ0) is 14.8. The average Bonchev–Trinajstić information content (AvgIpc) is 3.12. The average molecular weight is 298 g/mol. The first-order valence-electron chi connectivity index (χ1n) is 6.72. The minimum absolute atomic E-state index is 0.0973. The van der Waals surface area contributed by atoms with Gasteiger partial charge in [0.1, 0.15) is 4.90 Å². The SMILES string of the molecule is COCC(C)(C)Nc1ccccc1S(=O)(=O)NC1CC1. The lowest BCUT2D eigenvalue weighted by Gasteiger charge is -2.27. The maximum atomic E-state index is 12.4. The molecule has 0 amide bonds. The zero-order valence-corrected chi connectivity index (χ0v) is 13.0. The maximum absolute atomic E-state index is 12.4. The van der Waals surface area contributed by atoms with Crippen LogP contribution >= 0.6 is 0 Å². The Balaban J connectivity index is 2.25. The van der Waals surface area contributed by atoms with Gasteiger partial charge < -0.3 is 10.1 Å². The first-order chi connectivity index (χ1) is 9.34. The molecule has 0 heterocycles. The molecule has 6 heteroatoms. The van der Waals surface area contributed by atoms with Gasteiger partial charge in [0, 0.05) is 13.2 Å². The molecule has 2 N–H and O–H groups in total. The van der Waals surface area contributed by atoms with Crippen molar-refractivity contribution in [3.8, 4) is 0 Å². The van der Waals surface area contributed by atoms with E-state index in [9.17, 15) is 8.42 Å². The number of methoxy groups -OCH3 is 1. The molecule has 0 unspecified atom stereocenters. The Labute approximate surface area is 120 Å². The van der Waals surface area contributed by atoms with E-state index in [0.29, 0.717) is 12.3 Å². The number of para-hydroxylation sites is 1. The molecule has 1 aromatic carbocycles. The van der Waals surface area contributed by atoms with Crippen LogP contribution in [0.5, 0.6) is 0 Å². The summed E-state index contributed by atoms with van der Waals surface area (Å²) in [6.45, 7) is 4.42. The van der Waals surface area contributed by atoms with Crippen LogP contribution in [-0.4, -0.2) is 33.7 Å². The van der Waals surface area contributed by atoms with Crippen molar-refractivity contribution in [1.29, 1.82) is 0 Å². The van der Waals surface area contributed by atoms with E-state index in [4.69, 9.17) is 4.74 Å². The predicted octanol–water partition coefficient (Wildman–Crippen LogP) is 1.96. The minimum Gasteiger partial charge on any atom is -0.382 e. The van der Waals surface area contributed by atoms with E-state index >= 15 is 0 Å². The Morgan fingerprint density at radius 3 is 2.55 bits per heavy atom. The highest BCUT2D eigenvalue weighted by Crippen LogP contribution is 2.27. The van der Waals surface area contributed by atoms with Crippen molar-refractivity contribution >= 4 is 15.7 Å². The van der Waals surface area contributed by atoms with Gasteiger partial charge in [-0.05, 0) is 38.8 Å². The third-order valence-electron chi connectivity index (χ3n) is 3.05. The molecule has 0 aromatic heterocycles. The molecule has 1 aliphatic carbocycles. The number of benzene rings is 1. The Hall–Kier alpha value is -1.11. The van der Waals surface area contributed by atoms with Crippen molar-refractivity contribution in [3.05, 3.63) is 24.3 Å². The lowest BCUT2D eigenvalue weighted by atomic mass is 10.1. The standard InChI is InChI=1S/C14H22N2O3S/c1-14(2,10-19-3)15-12-6-4-5-7-13(12)20(17,18)16-11-8-9-11/h4-7,11,15-16H,8-10H2,1-3H3. The minimum atomic E-state index is -3.47. The smallest absolute Gasteiger partial charge is 0.242 e. The summed E-state index contributed by atoms with van der Waals surface area (Å²) < 4.78 is 32.6. The van der Waals surface area contributed by atoms with Gasteiger partial charge in [-0.25, -0.2) is 13.1 Å². The van der Waals surface area contributed by atoms with E-state index in [-0.39, 0.29) is 16.5 Å². The van der Waals surface area contributed by atoms with E-state index in [1.54, 1.807) is 25.3 Å². The molecule has 0 aliphatic heterocycles. The van der Waals surface area contributed by atoms with Crippen molar-refractivity contribution in [2.45, 2.75) is 43.2 Å². The molecular formula is C14H22N2O3S. The van der Waals surface area contributed by atoms with E-state index in [1.165, 1.54) is 0 Å². The van der Waals surface area contributed by atoms with E-state index in [2.05, 4.69) is 10.0 Å². The number of rotatable bonds is 7. The van der Waals surface area contributed by atoms with Gasteiger partial charge in [-0.15, -0.1) is 0 Å². The van der Waals surface area contributed by atoms with Gasteiger partial charge in [0.05, 0.1) is 17.8 Å². The lowest BCUT2D eigenvalue weighted by molar-refractivity contribution is 0.158. The van der Waals surface area contributed by atoms with Gasteiger partial charge in [0.15, 0.2) is 0 Å². The fourth-order valence-corrected chi connectivity index (χ4v) is 3.52. The van der Waals surface area contributed by atoms with Crippen LogP contribution in [0.2, 0.25) is 0 Å². The highest BCUT2D eigenvalue weighted by molar-refractivity contribution is 7.89. The summed E-state index contributed by atoms with van der Waals surface area (Å²) in [6.07, 6.45) is 1.84. The molecule has 112 valence electrons. The number of hydrogen-bond acceptors (Lipinski definition) is 4. The molecule has 0 saturated heterocycles. The molecule has 0 spiro atoms. The Kier molecular flexibility index (Phi) is 4.36. The van der Waals surface area contributed by atoms with Crippen molar-refractivity contribution in [2.24, 2.45) is 0 Å². The summed E-state index contributed by atoms with van der Waals surface area (Å²) in [5, 5.41) is 3.24. The normalized spacial score (nSPS) is 16.1. The Bertz CT molecular complexity index is 566. The van der Waals surface area contributed by atoms with Crippen LogP contribution in [-0.2, 0) is 14.8 Å². The Morgan fingerprint density at radius 2 is 1.95 bits per heavy atom. The van der Waals surface area contributed by atoms with Gasteiger partial charge in [-0.2, -0.15) is 0 Å². The quantitative estimate of drug-likeness (QED) is 0.807. The molecular weight excluding hydrogens is 276 g/mol. The van der Waals surface area contributed by atoms with Crippen molar-refractivity contribution in [3.63, 3.8) is 0 Å². The molecule has 0 atom stereocenters. The highest BCUT2D eigenvalue weighted by Gasteiger charge is 2.30. The molecule has 1 aliphatic rings. The predicted molar refractivity (Wildman–Crippen MR) is 79.4 cm³/mol. The first-order valence-corrected chi connectivity index (χ1v) is 8.21. The van der Waals surface area contributed by atoms with Crippen molar-refractivity contribution < 1.29 is 13.2 Å². The molecule has 2 rings (SSSR count). The van der Waals surface area contributed by atoms with Crippen LogP contribution < -0.4 is 10.0 Å². The molecule has 5 nitrogen and oxygen atoms in total. The van der Waals surface area contributed by atoms with Crippen LogP contribution in [0, 0.1) is 0 Å². The second-order valence-electron chi connectivity index (χ2n) is 5.83. The highest BCUT2D eigenvalue weighted by atomic mass is 32.2.